The monoisotopic (exact) mass is 324 g/mol. The van der Waals surface area contributed by atoms with Crippen molar-refractivity contribution in [2.24, 2.45) is 0 Å². The van der Waals surface area contributed by atoms with Crippen molar-refractivity contribution in [2.75, 3.05) is 7.11 Å². The van der Waals surface area contributed by atoms with Crippen molar-refractivity contribution in [3.8, 4) is 11.4 Å². The number of aromatic nitrogens is 4. The van der Waals surface area contributed by atoms with Gasteiger partial charge in [0.1, 0.15) is 6.10 Å². The first-order chi connectivity index (χ1) is 11.7. The highest BCUT2D eigenvalue weighted by atomic mass is 16.5. The summed E-state index contributed by atoms with van der Waals surface area (Å²) in [6.45, 7) is 0.164. The Bertz CT molecular complexity index is 815. The molecule has 1 unspecified atom stereocenters. The van der Waals surface area contributed by atoms with Crippen LogP contribution in [0.5, 0.6) is 0 Å². The van der Waals surface area contributed by atoms with Crippen LogP contribution in [0.2, 0.25) is 0 Å². The van der Waals surface area contributed by atoms with Crippen LogP contribution in [-0.4, -0.2) is 38.4 Å². The molecule has 0 radical (unpaired) electrons. The Morgan fingerprint density at radius 1 is 1.17 bits per heavy atom. The van der Waals surface area contributed by atoms with E-state index in [1.807, 2.05) is 30.3 Å². The summed E-state index contributed by atoms with van der Waals surface area (Å²) in [5, 5.41) is 22.5. The Hall–Kier alpha value is -3.06. The predicted molar refractivity (Wildman–Crippen MR) is 86.0 cm³/mol. The third kappa shape index (κ3) is 3.47. The molecule has 0 saturated carbocycles. The number of aliphatic hydroxyl groups is 1. The number of ether oxygens (including phenoxy) is 1. The number of nitrogens with zero attached hydrogens (tertiary/aromatic N) is 4. The van der Waals surface area contributed by atoms with Crippen LogP contribution in [0.25, 0.3) is 11.4 Å². The van der Waals surface area contributed by atoms with Gasteiger partial charge in [-0.15, -0.1) is 10.2 Å². The van der Waals surface area contributed by atoms with E-state index in [-0.39, 0.29) is 6.54 Å². The molecule has 0 aliphatic heterocycles. The van der Waals surface area contributed by atoms with Gasteiger partial charge in [-0.05, 0) is 22.9 Å². The third-order valence-corrected chi connectivity index (χ3v) is 3.54. The van der Waals surface area contributed by atoms with E-state index in [2.05, 4.69) is 20.1 Å². The third-order valence-electron chi connectivity index (χ3n) is 3.54. The van der Waals surface area contributed by atoms with E-state index in [4.69, 9.17) is 0 Å². The highest BCUT2D eigenvalue weighted by molar-refractivity contribution is 5.89. The van der Waals surface area contributed by atoms with Crippen LogP contribution in [0.1, 0.15) is 22.0 Å². The van der Waals surface area contributed by atoms with Crippen molar-refractivity contribution < 1.29 is 14.6 Å². The zero-order valence-corrected chi connectivity index (χ0v) is 13.0. The second kappa shape index (κ2) is 7.01. The molecule has 0 aliphatic carbocycles. The fourth-order valence-electron chi connectivity index (χ4n) is 2.24. The summed E-state index contributed by atoms with van der Waals surface area (Å²) in [6.07, 6.45) is -0.811. The lowest BCUT2D eigenvalue weighted by Crippen LogP contribution is -2.12. The zero-order valence-electron chi connectivity index (χ0n) is 13.0. The van der Waals surface area contributed by atoms with Gasteiger partial charge >= 0.3 is 5.97 Å². The first kappa shape index (κ1) is 15.8. The predicted octanol–water partition coefficient (Wildman–Crippen LogP) is 1.86. The minimum Gasteiger partial charge on any atom is -0.465 e. The normalized spacial score (nSPS) is 11.9. The number of benzene rings is 2. The lowest BCUT2D eigenvalue weighted by atomic mass is 10.1. The van der Waals surface area contributed by atoms with Gasteiger partial charge in [-0.1, -0.05) is 42.5 Å². The number of rotatable bonds is 5. The molecule has 0 amide bonds. The number of carbonyl (C=O) groups is 1. The molecule has 0 saturated heterocycles. The van der Waals surface area contributed by atoms with Crippen molar-refractivity contribution in [1.29, 1.82) is 0 Å². The van der Waals surface area contributed by atoms with E-state index in [0.29, 0.717) is 17.0 Å². The lowest BCUT2D eigenvalue weighted by molar-refractivity contribution is 0.0600. The number of esters is 1. The van der Waals surface area contributed by atoms with Crippen LogP contribution in [0.15, 0.2) is 54.6 Å². The van der Waals surface area contributed by atoms with Crippen molar-refractivity contribution in [3.63, 3.8) is 0 Å². The molecule has 3 rings (SSSR count). The van der Waals surface area contributed by atoms with Crippen LogP contribution in [0, 0.1) is 0 Å². The maximum absolute atomic E-state index is 11.4. The molecule has 0 spiro atoms. The molecule has 1 atom stereocenters. The van der Waals surface area contributed by atoms with Gasteiger partial charge in [0, 0.05) is 5.56 Å². The molecule has 7 heteroatoms. The number of carbonyl (C=O) groups excluding carboxylic acids is 1. The molecule has 7 nitrogen and oxygen atoms in total. The number of methoxy groups -OCH3 is 1. The van der Waals surface area contributed by atoms with E-state index in [0.717, 1.165) is 5.56 Å². The summed E-state index contributed by atoms with van der Waals surface area (Å²) in [4.78, 5) is 12.8. The molecule has 0 fully saturated rings. The van der Waals surface area contributed by atoms with Gasteiger partial charge in [0.2, 0.25) is 5.82 Å². The topological polar surface area (TPSA) is 90.1 Å². The minimum atomic E-state index is -0.811. The van der Waals surface area contributed by atoms with E-state index >= 15 is 0 Å². The highest BCUT2D eigenvalue weighted by Gasteiger charge is 2.13. The second-order valence-corrected chi connectivity index (χ2v) is 5.16. The van der Waals surface area contributed by atoms with E-state index in [1.54, 1.807) is 24.3 Å². The average molecular weight is 324 g/mol. The van der Waals surface area contributed by atoms with Gasteiger partial charge < -0.3 is 9.84 Å². The van der Waals surface area contributed by atoms with Crippen molar-refractivity contribution in [3.05, 3.63) is 65.7 Å². The maximum Gasteiger partial charge on any atom is 0.337 e. The standard InChI is InChI=1S/C17H16N4O3/c1-24-17(23)14-9-7-12(8-10-14)15(22)11-21-19-16(18-20-21)13-5-3-2-4-6-13/h2-10,15,22H,11H2,1H3. The molecule has 122 valence electrons. The molecule has 1 heterocycles. The summed E-state index contributed by atoms with van der Waals surface area (Å²) in [5.41, 5.74) is 1.94. The van der Waals surface area contributed by atoms with Gasteiger partial charge in [0.15, 0.2) is 0 Å². The Balaban J connectivity index is 1.70. The molecule has 0 aliphatic rings. The van der Waals surface area contributed by atoms with Crippen molar-refractivity contribution in [1.82, 2.24) is 20.2 Å². The quantitative estimate of drug-likeness (QED) is 0.721. The SMILES string of the molecule is COC(=O)c1ccc(C(O)Cn2nnc(-c3ccccc3)n2)cc1. The van der Waals surface area contributed by atoms with Crippen LogP contribution >= 0.6 is 0 Å². The summed E-state index contributed by atoms with van der Waals surface area (Å²) >= 11 is 0. The summed E-state index contributed by atoms with van der Waals surface area (Å²) in [5.74, 6) is 0.0883. The van der Waals surface area contributed by atoms with Gasteiger partial charge in [0.25, 0.3) is 0 Å². The molecule has 1 N–H and O–H groups in total. The lowest BCUT2D eigenvalue weighted by Gasteiger charge is -2.10. The molecule has 24 heavy (non-hydrogen) atoms. The van der Waals surface area contributed by atoms with Crippen molar-refractivity contribution in [2.45, 2.75) is 12.6 Å². The molecule has 1 aromatic heterocycles. The second-order valence-electron chi connectivity index (χ2n) is 5.16. The first-order valence-electron chi connectivity index (χ1n) is 7.37. The van der Waals surface area contributed by atoms with Crippen LogP contribution in [-0.2, 0) is 11.3 Å². The van der Waals surface area contributed by atoms with Gasteiger partial charge in [-0.25, -0.2) is 4.79 Å². The van der Waals surface area contributed by atoms with Gasteiger partial charge in [-0.3, -0.25) is 0 Å². The van der Waals surface area contributed by atoms with Gasteiger partial charge in [0.05, 0.1) is 19.2 Å². The molecule has 0 bridgehead atoms. The fourth-order valence-corrected chi connectivity index (χ4v) is 2.24. The molecular weight excluding hydrogens is 308 g/mol. The van der Waals surface area contributed by atoms with E-state index in [1.165, 1.54) is 11.9 Å². The number of hydrogen-bond acceptors (Lipinski definition) is 6. The number of tetrazole rings is 1. The highest BCUT2D eigenvalue weighted by Crippen LogP contribution is 2.17. The fraction of sp³-hybridized carbons (Fsp3) is 0.176. The van der Waals surface area contributed by atoms with Crippen LogP contribution in [0.3, 0.4) is 0 Å². The molecular formula is C17H16N4O3. The number of aliphatic hydroxyl groups excluding tert-OH is 1. The van der Waals surface area contributed by atoms with Crippen LogP contribution in [0.4, 0.5) is 0 Å². The number of hydrogen-bond donors (Lipinski definition) is 1. The smallest absolute Gasteiger partial charge is 0.337 e. The Morgan fingerprint density at radius 3 is 2.54 bits per heavy atom. The van der Waals surface area contributed by atoms with Crippen molar-refractivity contribution >= 4 is 5.97 Å². The molecule has 3 aromatic rings. The first-order valence-corrected chi connectivity index (χ1v) is 7.37. The van der Waals surface area contributed by atoms with E-state index < -0.39 is 12.1 Å². The molecule has 2 aromatic carbocycles. The largest absolute Gasteiger partial charge is 0.465 e. The summed E-state index contributed by atoms with van der Waals surface area (Å²) < 4.78 is 4.64. The summed E-state index contributed by atoms with van der Waals surface area (Å²) in [6, 6.07) is 16.0. The maximum atomic E-state index is 11.4. The Morgan fingerprint density at radius 2 is 1.88 bits per heavy atom. The Kier molecular flexibility index (Phi) is 4.62. The minimum absolute atomic E-state index is 0.164. The van der Waals surface area contributed by atoms with E-state index in [9.17, 15) is 9.90 Å². The van der Waals surface area contributed by atoms with Crippen LogP contribution < -0.4 is 0 Å². The Labute approximate surface area is 138 Å². The average Bonchev–Trinajstić information content (AvgIpc) is 3.10. The van der Waals surface area contributed by atoms with Gasteiger partial charge in [-0.2, -0.15) is 4.80 Å². The summed E-state index contributed by atoms with van der Waals surface area (Å²) in [7, 11) is 1.33. The zero-order chi connectivity index (χ0) is 16.9.